The molecular formula is C11H14N2O. The summed E-state index contributed by atoms with van der Waals surface area (Å²) in [4.78, 5) is 13.7. The van der Waals surface area contributed by atoms with Gasteiger partial charge in [0.1, 0.15) is 0 Å². The summed E-state index contributed by atoms with van der Waals surface area (Å²) in [7, 11) is 1.85. The lowest BCUT2D eigenvalue weighted by Crippen LogP contribution is -2.41. The molecule has 0 unspecified atom stereocenters. The van der Waals surface area contributed by atoms with E-state index in [1.807, 2.05) is 36.2 Å². The Morgan fingerprint density at radius 1 is 1.43 bits per heavy atom. The molecule has 0 saturated carbocycles. The van der Waals surface area contributed by atoms with Gasteiger partial charge in [0, 0.05) is 31.4 Å². The second-order valence-electron chi connectivity index (χ2n) is 3.48. The second-order valence-corrected chi connectivity index (χ2v) is 3.48. The van der Waals surface area contributed by atoms with E-state index in [0.717, 1.165) is 30.8 Å². The summed E-state index contributed by atoms with van der Waals surface area (Å²) in [6.45, 7) is 1.81. The Balaban J connectivity index is 2.18. The molecule has 1 aliphatic heterocycles. The third-order valence-electron chi connectivity index (χ3n) is 2.54. The molecule has 0 bridgehead atoms. The van der Waals surface area contributed by atoms with E-state index in [9.17, 15) is 4.79 Å². The monoisotopic (exact) mass is 190 g/mol. The van der Waals surface area contributed by atoms with Gasteiger partial charge in [-0.1, -0.05) is 6.07 Å². The van der Waals surface area contributed by atoms with Crippen LogP contribution in [0.5, 0.6) is 0 Å². The number of carbonyl (C=O) groups is 1. The van der Waals surface area contributed by atoms with E-state index >= 15 is 0 Å². The van der Waals surface area contributed by atoms with E-state index in [1.54, 1.807) is 0 Å². The standard InChI is InChI=1S/C11H14N2O/c1-12-10-5-2-4-9(8-10)11(14)13-6-3-7-13/h2,4-5,8,12H,3,6-7H2,1H3. The fraction of sp³-hybridized carbons (Fsp3) is 0.364. The first-order valence-corrected chi connectivity index (χ1v) is 4.88. The summed E-state index contributed by atoms with van der Waals surface area (Å²) in [5.74, 6) is 0.147. The molecule has 74 valence electrons. The molecule has 0 atom stereocenters. The lowest BCUT2D eigenvalue weighted by molar-refractivity contribution is 0.0652. The number of benzene rings is 1. The molecule has 1 heterocycles. The lowest BCUT2D eigenvalue weighted by atomic mass is 10.1. The van der Waals surface area contributed by atoms with Crippen LogP contribution in [0.25, 0.3) is 0 Å². The number of rotatable bonds is 2. The first-order chi connectivity index (χ1) is 6.81. The van der Waals surface area contributed by atoms with Gasteiger partial charge in [-0.05, 0) is 24.6 Å². The molecule has 0 spiro atoms. The van der Waals surface area contributed by atoms with Crippen LogP contribution >= 0.6 is 0 Å². The topological polar surface area (TPSA) is 32.3 Å². The summed E-state index contributed by atoms with van der Waals surface area (Å²) in [6.07, 6.45) is 1.14. The van der Waals surface area contributed by atoms with Crippen molar-refractivity contribution in [2.75, 3.05) is 25.5 Å². The number of carbonyl (C=O) groups excluding carboxylic acids is 1. The highest BCUT2D eigenvalue weighted by Gasteiger charge is 2.21. The quantitative estimate of drug-likeness (QED) is 0.767. The zero-order chi connectivity index (χ0) is 9.97. The zero-order valence-electron chi connectivity index (χ0n) is 8.29. The minimum atomic E-state index is 0.147. The van der Waals surface area contributed by atoms with Crippen LogP contribution in [0.3, 0.4) is 0 Å². The smallest absolute Gasteiger partial charge is 0.253 e. The summed E-state index contributed by atoms with van der Waals surface area (Å²) in [6, 6.07) is 7.61. The maximum Gasteiger partial charge on any atom is 0.253 e. The minimum Gasteiger partial charge on any atom is -0.388 e. The van der Waals surface area contributed by atoms with Crippen molar-refractivity contribution >= 4 is 11.6 Å². The van der Waals surface area contributed by atoms with E-state index in [0.29, 0.717) is 0 Å². The van der Waals surface area contributed by atoms with Crippen molar-refractivity contribution in [1.29, 1.82) is 0 Å². The molecule has 1 fully saturated rings. The second kappa shape index (κ2) is 3.70. The van der Waals surface area contributed by atoms with Gasteiger partial charge >= 0.3 is 0 Å². The molecule has 1 aliphatic rings. The van der Waals surface area contributed by atoms with Crippen molar-refractivity contribution in [3.63, 3.8) is 0 Å². The van der Waals surface area contributed by atoms with E-state index < -0.39 is 0 Å². The Bertz CT molecular complexity index is 345. The molecule has 1 saturated heterocycles. The predicted molar refractivity (Wildman–Crippen MR) is 56.5 cm³/mol. The first kappa shape index (κ1) is 9.06. The van der Waals surface area contributed by atoms with Crippen molar-refractivity contribution in [3.8, 4) is 0 Å². The fourth-order valence-electron chi connectivity index (χ4n) is 1.51. The Labute approximate surface area is 83.7 Å². The molecule has 1 N–H and O–H groups in total. The molecule has 0 radical (unpaired) electrons. The average Bonchev–Trinajstić information content (AvgIpc) is 2.15. The van der Waals surface area contributed by atoms with Crippen LogP contribution in [0.1, 0.15) is 16.8 Å². The van der Waals surface area contributed by atoms with Crippen molar-refractivity contribution in [2.45, 2.75) is 6.42 Å². The van der Waals surface area contributed by atoms with E-state index in [1.165, 1.54) is 0 Å². The van der Waals surface area contributed by atoms with Gasteiger partial charge < -0.3 is 10.2 Å². The maximum absolute atomic E-state index is 11.8. The average molecular weight is 190 g/mol. The Morgan fingerprint density at radius 2 is 2.21 bits per heavy atom. The predicted octanol–water partition coefficient (Wildman–Crippen LogP) is 1.57. The van der Waals surface area contributed by atoms with Crippen molar-refractivity contribution < 1.29 is 4.79 Å². The van der Waals surface area contributed by atoms with Crippen LogP contribution in [0.15, 0.2) is 24.3 Å². The molecule has 0 aliphatic carbocycles. The Kier molecular flexibility index (Phi) is 2.39. The number of hydrogen-bond acceptors (Lipinski definition) is 2. The zero-order valence-corrected chi connectivity index (χ0v) is 8.29. The molecular weight excluding hydrogens is 176 g/mol. The number of likely N-dealkylation sites (tertiary alicyclic amines) is 1. The van der Waals surface area contributed by atoms with Crippen LogP contribution in [-0.4, -0.2) is 30.9 Å². The minimum absolute atomic E-state index is 0.147. The van der Waals surface area contributed by atoms with Gasteiger partial charge in [0.05, 0.1) is 0 Å². The third kappa shape index (κ3) is 1.58. The van der Waals surface area contributed by atoms with E-state index in [-0.39, 0.29) is 5.91 Å². The molecule has 1 aromatic carbocycles. The van der Waals surface area contributed by atoms with Crippen LogP contribution in [0.2, 0.25) is 0 Å². The Morgan fingerprint density at radius 3 is 2.79 bits per heavy atom. The van der Waals surface area contributed by atoms with Crippen molar-refractivity contribution in [1.82, 2.24) is 4.90 Å². The van der Waals surface area contributed by atoms with Crippen LogP contribution < -0.4 is 5.32 Å². The van der Waals surface area contributed by atoms with Crippen molar-refractivity contribution in [3.05, 3.63) is 29.8 Å². The molecule has 0 aromatic heterocycles. The summed E-state index contributed by atoms with van der Waals surface area (Å²) >= 11 is 0. The molecule has 14 heavy (non-hydrogen) atoms. The lowest BCUT2D eigenvalue weighted by Gasteiger charge is -2.31. The van der Waals surface area contributed by atoms with Crippen LogP contribution in [0, 0.1) is 0 Å². The first-order valence-electron chi connectivity index (χ1n) is 4.88. The highest BCUT2D eigenvalue weighted by molar-refractivity contribution is 5.95. The third-order valence-corrected chi connectivity index (χ3v) is 2.54. The van der Waals surface area contributed by atoms with Gasteiger partial charge in [0.15, 0.2) is 0 Å². The van der Waals surface area contributed by atoms with E-state index in [4.69, 9.17) is 0 Å². The number of amides is 1. The fourth-order valence-corrected chi connectivity index (χ4v) is 1.51. The molecule has 3 heteroatoms. The largest absolute Gasteiger partial charge is 0.388 e. The maximum atomic E-state index is 11.8. The summed E-state index contributed by atoms with van der Waals surface area (Å²) in [5.41, 5.74) is 1.76. The van der Waals surface area contributed by atoms with Gasteiger partial charge in [-0.2, -0.15) is 0 Å². The van der Waals surface area contributed by atoms with Crippen LogP contribution in [-0.2, 0) is 0 Å². The normalized spacial score (nSPS) is 14.8. The van der Waals surface area contributed by atoms with Gasteiger partial charge in [-0.15, -0.1) is 0 Å². The number of nitrogens with one attached hydrogen (secondary N) is 1. The van der Waals surface area contributed by atoms with Crippen LogP contribution in [0.4, 0.5) is 5.69 Å². The highest BCUT2D eigenvalue weighted by atomic mass is 16.2. The SMILES string of the molecule is CNc1cccc(C(=O)N2CCC2)c1. The number of anilines is 1. The molecule has 3 nitrogen and oxygen atoms in total. The number of hydrogen-bond donors (Lipinski definition) is 1. The van der Waals surface area contributed by atoms with Gasteiger partial charge in [-0.3, -0.25) is 4.79 Å². The molecule has 1 amide bonds. The number of nitrogens with zero attached hydrogens (tertiary/aromatic N) is 1. The van der Waals surface area contributed by atoms with Gasteiger partial charge in [0.2, 0.25) is 0 Å². The van der Waals surface area contributed by atoms with Gasteiger partial charge in [0.25, 0.3) is 5.91 Å². The van der Waals surface area contributed by atoms with Crippen molar-refractivity contribution in [2.24, 2.45) is 0 Å². The Hall–Kier alpha value is -1.51. The van der Waals surface area contributed by atoms with Gasteiger partial charge in [-0.25, -0.2) is 0 Å². The highest BCUT2D eigenvalue weighted by Crippen LogP contribution is 2.15. The summed E-state index contributed by atoms with van der Waals surface area (Å²) < 4.78 is 0. The van der Waals surface area contributed by atoms with E-state index in [2.05, 4.69) is 5.32 Å². The summed E-state index contributed by atoms with van der Waals surface area (Å²) in [5, 5.41) is 3.03. The molecule has 1 aromatic rings. The molecule has 2 rings (SSSR count).